The first-order valence-corrected chi connectivity index (χ1v) is 5.79. The minimum absolute atomic E-state index is 0.257. The average molecular weight is 272 g/mol. The van der Waals surface area contributed by atoms with Gasteiger partial charge in [-0.25, -0.2) is 0 Å². The fourth-order valence-electron chi connectivity index (χ4n) is 1.18. The lowest BCUT2D eigenvalue weighted by Gasteiger charge is -2.20. The van der Waals surface area contributed by atoms with Gasteiger partial charge in [0.25, 0.3) is 0 Å². The van der Waals surface area contributed by atoms with Crippen molar-refractivity contribution in [3.8, 4) is 5.75 Å². The van der Waals surface area contributed by atoms with Gasteiger partial charge in [0.15, 0.2) is 0 Å². The highest BCUT2D eigenvalue weighted by molar-refractivity contribution is 9.10. The van der Waals surface area contributed by atoms with Crippen LogP contribution in [0.2, 0.25) is 0 Å². The minimum Gasteiger partial charge on any atom is -0.495 e. The molecule has 1 rings (SSSR count). The van der Waals surface area contributed by atoms with Gasteiger partial charge in [0.1, 0.15) is 5.75 Å². The summed E-state index contributed by atoms with van der Waals surface area (Å²) in [6.07, 6.45) is 0. The number of halogens is 1. The Morgan fingerprint density at radius 3 is 2.53 bits per heavy atom. The van der Waals surface area contributed by atoms with E-state index in [0.717, 1.165) is 22.5 Å². The lowest BCUT2D eigenvalue weighted by atomic mass is 9.97. The molecule has 0 fully saturated rings. The summed E-state index contributed by atoms with van der Waals surface area (Å²) in [7, 11) is 1.69. The van der Waals surface area contributed by atoms with Gasteiger partial charge in [0.2, 0.25) is 0 Å². The second-order valence-corrected chi connectivity index (χ2v) is 5.67. The van der Waals surface area contributed by atoms with E-state index in [9.17, 15) is 0 Å². The second-order valence-electron chi connectivity index (χ2n) is 4.76. The molecule has 3 heteroatoms. The standard InChI is InChI=1S/C12H18BrNO/c1-12(2,3)8-14-10-7-9(13)5-6-11(10)15-4/h5-7,14H,8H2,1-4H3. The molecule has 0 saturated heterocycles. The van der Waals surface area contributed by atoms with E-state index in [0.29, 0.717) is 0 Å². The number of anilines is 1. The van der Waals surface area contributed by atoms with Crippen LogP contribution in [-0.4, -0.2) is 13.7 Å². The van der Waals surface area contributed by atoms with Gasteiger partial charge in [-0.2, -0.15) is 0 Å². The van der Waals surface area contributed by atoms with Crippen molar-refractivity contribution in [2.75, 3.05) is 19.0 Å². The van der Waals surface area contributed by atoms with Crippen LogP contribution in [0.5, 0.6) is 5.75 Å². The van der Waals surface area contributed by atoms with Crippen LogP contribution in [0, 0.1) is 5.41 Å². The van der Waals surface area contributed by atoms with E-state index >= 15 is 0 Å². The second kappa shape index (κ2) is 4.88. The smallest absolute Gasteiger partial charge is 0.142 e. The Labute approximate surface area is 100 Å². The monoisotopic (exact) mass is 271 g/mol. The number of hydrogen-bond acceptors (Lipinski definition) is 2. The maximum atomic E-state index is 5.28. The molecule has 0 aliphatic carbocycles. The number of ether oxygens (including phenoxy) is 1. The van der Waals surface area contributed by atoms with Crippen molar-refractivity contribution in [3.05, 3.63) is 22.7 Å². The first kappa shape index (κ1) is 12.4. The Morgan fingerprint density at radius 1 is 1.33 bits per heavy atom. The minimum atomic E-state index is 0.257. The van der Waals surface area contributed by atoms with E-state index in [1.165, 1.54) is 0 Å². The van der Waals surface area contributed by atoms with Crippen LogP contribution >= 0.6 is 15.9 Å². The summed E-state index contributed by atoms with van der Waals surface area (Å²) in [5.74, 6) is 0.877. The molecule has 0 aliphatic rings. The predicted molar refractivity (Wildman–Crippen MR) is 68.6 cm³/mol. The molecule has 0 atom stereocenters. The zero-order chi connectivity index (χ0) is 11.5. The zero-order valence-corrected chi connectivity index (χ0v) is 11.3. The van der Waals surface area contributed by atoms with E-state index in [1.54, 1.807) is 7.11 Å². The fourth-order valence-corrected chi connectivity index (χ4v) is 1.54. The summed E-state index contributed by atoms with van der Waals surface area (Å²) in [5, 5.41) is 3.39. The molecule has 0 heterocycles. The third-order valence-corrected chi connectivity index (χ3v) is 2.46. The molecule has 1 aromatic carbocycles. The van der Waals surface area contributed by atoms with Crippen LogP contribution < -0.4 is 10.1 Å². The predicted octanol–water partition coefficient (Wildman–Crippen LogP) is 3.92. The summed E-state index contributed by atoms with van der Waals surface area (Å²) in [5.41, 5.74) is 1.29. The van der Waals surface area contributed by atoms with Gasteiger partial charge >= 0.3 is 0 Å². The van der Waals surface area contributed by atoms with Gasteiger partial charge in [-0.3, -0.25) is 0 Å². The molecule has 2 nitrogen and oxygen atoms in total. The van der Waals surface area contributed by atoms with Crippen molar-refractivity contribution in [1.82, 2.24) is 0 Å². The van der Waals surface area contributed by atoms with E-state index in [-0.39, 0.29) is 5.41 Å². The SMILES string of the molecule is COc1ccc(Br)cc1NCC(C)(C)C. The number of nitrogens with one attached hydrogen (secondary N) is 1. The van der Waals surface area contributed by atoms with Crippen molar-refractivity contribution in [2.45, 2.75) is 20.8 Å². The summed E-state index contributed by atoms with van der Waals surface area (Å²) >= 11 is 3.45. The van der Waals surface area contributed by atoms with Gasteiger partial charge in [0, 0.05) is 11.0 Å². The van der Waals surface area contributed by atoms with Crippen molar-refractivity contribution in [3.63, 3.8) is 0 Å². The lowest BCUT2D eigenvalue weighted by molar-refractivity contribution is 0.412. The molecule has 84 valence electrons. The highest BCUT2D eigenvalue weighted by Gasteiger charge is 2.11. The van der Waals surface area contributed by atoms with Gasteiger partial charge in [-0.1, -0.05) is 36.7 Å². The number of rotatable bonds is 3. The Kier molecular flexibility index (Phi) is 4.03. The summed E-state index contributed by atoms with van der Waals surface area (Å²) in [6, 6.07) is 5.96. The first-order valence-electron chi connectivity index (χ1n) is 5.00. The van der Waals surface area contributed by atoms with E-state index in [2.05, 4.69) is 42.0 Å². The highest BCUT2D eigenvalue weighted by atomic mass is 79.9. The van der Waals surface area contributed by atoms with Gasteiger partial charge in [0.05, 0.1) is 12.8 Å². The number of methoxy groups -OCH3 is 1. The van der Waals surface area contributed by atoms with E-state index in [4.69, 9.17) is 4.74 Å². The van der Waals surface area contributed by atoms with Gasteiger partial charge < -0.3 is 10.1 Å². The molecule has 0 bridgehead atoms. The maximum absolute atomic E-state index is 5.28. The molecule has 15 heavy (non-hydrogen) atoms. The van der Waals surface area contributed by atoms with E-state index < -0.39 is 0 Å². The summed E-state index contributed by atoms with van der Waals surface area (Å²) in [4.78, 5) is 0. The largest absolute Gasteiger partial charge is 0.495 e. The van der Waals surface area contributed by atoms with Gasteiger partial charge in [-0.05, 0) is 23.6 Å². The molecule has 0 aliphatic heterocycles. The van der Waals surface area contributed by atoms with Crippen molar-refractivity contribution in [2.24, 2.45) is 5.41 Å². The summed E-state index contributed by atoms with van der Waals surface area (Å²) < 4.78 is 6.34. The molecule has 0 spiro atoms. The number of hydrogen-bond donors (Lipinski definition) is 1. The molecule has 1 aromatic rings. The van der Waals surface area contributed by atoms with Crippen LogP contribution in [0.15, 0.2) is 22.7 Å². The third kappa shape index (κ3) is 4.12. The Bertz CT molecular complexity index is 331. The average Bonchev–Trinajstić information content (AvgIpc) is 2.14. The van der Waals surface area contributed by atoms with Crippen molar-refractivity contribution >= 4 is 21.6 Å². The zero-order valence-electron chi connectivity index (χ0n) is 9.73. The number of benzene rings is 1. The van der Waals surface area contributed by atoms with E-state index in [1.807, 2.05) is 18.2 Å². The first-order chi connectivity index (χ1) is 6.92. The molecule has 0 radical (unpaired) electrons. The van der Waals surface area contributed by atoms with Crippen molar-refractivity contribution < 1.29 is 4.74 Å². The van der Waals surface area contributed by atoms with Crippen LogP contribution in [-0.2, 0) is 0 Å². The Morgan fingerprint density at radius 2 is 2.00 bits per heavy atom. The molecule has 0 amide bonds. The Hall–Kier alpha value is -0.700. The lowest BCUT2D eigenvalue weighted by Crippen LogP contribution is -2.19. The third-order valence-electron chi connectivity index (χ3n) is 1.97. The molecule has 1 N–H and O–H groups in total. The molecule has 0 aromatic heterocycles. The summed E-state index contributed by atoms with van der Waals surface area (Å²) in [6.45, 7) is 7.51. The molecular formula is C12H18BrNO. The Balaban J connectivity index is 2.79. The molecular weight excluding hydrogens is 254 g/mol. The normalized spacial score (nSPS) is 11.3. The van der Waals surface area contributed by atoms with Crippen LogP contribution in [0.25, 0.3) is 0 Å². The molecule has 0 unspecified atom stereocenters. The maximum Gasteiger partial charge on any atom is 0.142 e. The quantitative estimate of drug-likeness (QED) is 0.900. The van der Waals surface area contributed by atoms with Gasteiger partial charge in [-0.15, -0.1) is 0 Å². The molecule has 0 saturated carbocycles. The van der Waals surface area contributed by atoms with Crippen LogP contribution in [0.4, 0.5) is 5.69 Å². The fraction of sp³-hybridized carbons (Fsp3) is 0.500. The topological polar surface area (TPSA) is 21.3 Å². The highest BCUT2D eigenvalue weighted by Crippen LogP contribution is 2.28. The van der Waals surface area contributed by atoms with Crippen LogP contribution in [0.1, 0.15) is 20.8 Å². The van der Waals surface area contributed by atoms with Crippen LogP contribution in [0.3, 0.4) is 0 Å². The van der Waals surface area contributed by atoms with Crippen molar-refractivity contribution in [1.29, 1.82) is 0 Å².